The summed E-state index contributed by atoms with van der Waals surface area (Å²) in [5.74, 6) is 0.181. The number of furan rings is 1. The largest absolute Gasteiger partial charge is 0.456 e. The minimum atomic E-state index is -0.554. The first-order chi connectivity index (χ1) is 35.2. The van der Waals surface area contributed by atoms with E-state index >= 15 is 0 Å². The Hall–Kier alpha value is -8.98. The van der Waals surface area contributed by atoms with Gasteiger partial charge in [0.1, 0.15) is 11.2 Å². The van der Waals surface area contributed by atoms with Gasteiger partial charge in [-0.3, -0.25) is 0 Å². The Kier molecular flexibility index (Phi) is 9.60. The van der Waals surface area contributed by atoms with Crippen molar-refractivity contribution >= 4 is 54.9 Å². The van der Waals surface area contributed by atoms with Crippen LogP contribution in [0.1, 0.15) is 40.2 Å². The maximum absolute atomic E-state index is 6.41. The first-order valence-electron chi connectivity index (χ1n) is 24.8. The molecule has 2 nitrogen and oxygen atoms in total. The van der Waals surface area contributed by atoms with Crippen LogP contribution in [0.5, 0.6) is 0 Å². The van der Waals surface area contributed by atoms with Gasteiger partial charge in [-0.15, -0.1) is 0 Å². The highest BCUT2D eigenvalue weighted by Gasteiger charge is 2.46. The summed E-state index contributed by atoms with van der Waals surface area (Å²) in [5.41, 5.74) is 18.2. The first-order valence-corrected chi connectivity index (χ1v) is 24.8. The quantitative estimate of drug-likeness (QED) is 0.141. The Morgan fingerprint density at radius 2 is 1.04 bits per heavy atom. The van der Waals surface area contributed by atoms with Crippen molar-refractivity contribution in [1.82, 2.24) is 0 Å². The zero-order valence-electron chi connectivity index (χ0n) is 39.0. The Balaban J connectivity index is 1.00. The van der Waals surface area contributed by atoms with E-state index in [1.54, 1.807) is 0 Å². The van der Waals surface area contributed by atoms with Crippen molar-refractivity contribution in [3.8, 4) is 33.4 Å². The summed E-state index contributed by atoms with van der Waals surface area (Å²) in [7, 11) is 0. The molecule has 334 valence electrons. The van der Waals surface area contributed by atoms with Gasteiger partial charge >= 0.3 is 0 Å². The van der Waals surface area contributed by atoms with Crippen LogP contribution in [0, 0.1) is 0 Å². The van der Waals surface area contributed by atoms with Crippen molar-refractivity contribution < 1.29 is 4.42 Å². The predicted molar refractivity (Wildman–Crippen MR) is 297 cm³/mol. The van der Waals surface area contributed by atoms with Crippen molar-refractivity contribution in [1.29, 1.82) is 0 Å². The van der Waals surface area contributed by atoms with Crippen LogP contribution in [-0.2, 0) is 5.41 Å². The molecular formula is C69H47NO. The van der Waals surface area contributed by atoms with E-state index in [9.17, 15) is 0 Å². The van der Waals surface area contributed by atoms with E-state index in [4.69, 9.17) is 4.42 Å². The molecule has 71 heavy (non-hydrogen) atoms. The van der Waals surface area contributed by atoms with Crippen molar-refractivity contribution in [2.75, 3.05) is 4.90 Å². The van der Waals surface area contributed by atoms with Crippen molar-refractivity contribution in [2.45, 2.75) is 17.8 Å². The lowest BCUT2D eigenvalue weighted by atomic mass is 9.67. The fourth-order valence-corrected chi connectivity index (χ4v) is 12.0. The van der Waals surface area contributed by atoms with Gasteiger partial charge in [0.05, 0.1) is 11.1 Å². The lowest BCUT2D eigenvalue weighted by Crippen LogP contribution is -2.29. The molecule has 1 aromatic heterocycles. The van der Waals surface area contributed by atoms with E-state index < -0.39 is 5.41 Å². The van der Waals surface area contributed by atoms with Crippen LogP contribution in [0.2, 0.25) is 0 Å². The maximum Gasteiger partial charge on any atom is 0.135 e. The summed E-state index contributed by atoms with van der Waals surface area (Å²) in [6, 6.07) is 91.6. The number of nitrogens with zero attached hydrogens (tertiary/aromatic N) is 1. The molecular weight excluding hydrogens is 859 g/mol. The molecule has 0 amide bonds. The summed E-state index contributed by atoms with van der Waals surface area (Å²) in [5, 5.41) is 7.30. The van der Waals surface area contributed by atoms with Crippen LogP contribution in [-0.4, -0.2) is 0 Å². The fourth-order valence-electron chi connectivity index (χ4n) is 12.0. The molecule has 12 aromatic rings. The molecule has 2 aliphatic carbocycles. The Morgan fingerprint density at radius 3 is 1.82 bits per heavy atom. The number of para-hydroxylation sites is 1. The van der Waals surface area contributed by atoms with Crippen LogP contribution >= 0.6 is 0 Å². The minimum Gasteiger partial charge on any atom is -0.456 e. The standard InChI is InChI=1S/C69H47NO/c1-4-18-47(19-5-1)56-39-35-50(63-42-49-20-10-11-25-55(49)57-26-12-13-27-58(57)63)43-66(56)70(53-36-32-46(33-37-53)48-34-40-62-61-29-15-17-31-67(61)71-68(62)44-48)54-38-41-60-59-28-14-16-30-64(59)69(65(60)45-54,51-21-6-2-7-22-51)52-23-8-3-9-24-52/h1-32,34-46H,33H2. The molecule has 0 saturated heterocycles. The Morgan fingerprint density at radius 1 is 0.408 bits per heavy atom. The SMILES string of the molecule is C1=CC(c2ccc3c(c2)oc2ccccc23)CC=C1N(c1ccc2c(c1)C(c1ccccc1)(c1ccccc1)c1ccccc1-2)c1cc(-c2cc3ccccc3c3ccccc23)ccc1-c1ccccc1. The van der Waals surface area contributed by atoms with E-state index in [2.05, 4.69) is 266 Å². The molecule has 0 radical (unpaired) electrons. The van der Waals surface area contributed by atoms with Gasteiger partial charge in [-0.2, -0.15) is 0 Å². The fraction of sp³-hybridized carbons (Fsp3) is 0.0435. The van der Waals surface area contributed by atoms with Gasteiger partial charge in [0.2, 0.25) is 0 Å². The number of rotatable bonds is 8. The van der Waals surface area contributed by atoms with Gasteiger partial charge in [0.15, 0.2) is 0 Å². The number of hydrogen-bond acceptors (Lipinski definition) is 2. The highest BCUT2D eigenvalue weighted by atomic mass is 16.3. The van der Waals surface area contributed by atoms with E-state index in [-0.39, 0.29) is 5.92 Å². The predicted octanol–water partition coefficient (Wildman–Crippen LogP) is 18.4. The molecule has 1 atom stereocenters. The average Bonchev–Trinajstić information content (AvgIpc) is 3.97. The van der Waals surface area contributed by atoms with Gasteiger partial charge in [-0.1, -0.05) is 224 Å². The number of anilines is 2. The summed E-state index contributed by atoms with van der Waals surface area (Å²) >= 11 is 0. The molecule has 0 N–H and O–H groups in total. The van der Waals surface area contributed by atoms with Crippen molar-refractivity contribution in [2.24, 2.45) is 0 Å². The summed E-state index contributed by atoms with van der Waals surface area (Å²) < 4.78 is 6.41. The van der Waals surface area contributed by atoms with Gasteiger partial charge in [0, 0.05) is 33.6 Å². The lowest BCUT2D eigenvalue weighted by molar-refractivity contribution is 0.667. The molecule has 1 unspecified atom stereocenters. The zero-order valence-corrected chi connectivity index (χ0v) is 39.0. The van der Waals surface area contributed by atoms with E-state index in [1.165, 1.54) is 71.6 Å². The third-order valence-corrected chi connectivity index (χ3v) is 15.3. The number of benzene rings is 11. The second-order valence-corrected chi connectivity index (χ2v) is 19.1. The number of hydrogen-bond donors (Lipinski definition) is 0. The topological polar surface area (TPSA) is 16.4 Å². The number of fused-ring (bicyclic) bond motifs is 9. The highest BCUT2D eigenvalue weighted by molar-refractivity contribution is 6.14. The lowest BCUT2D eigenvalue weighted by Gasteiger charge is -2.35. The summed E-state index contributed by atoms with van der Waals surface area (Å²) in [6.45, 7) is 0. The van der Waals surface area contributed by atoms with E-state index in [1.807, 2.05) is 6.07 Å². The Labute approximate surface area is 413 Å². The molecule has 14 rings (SSSR count). The van der Waals surface area contributed by atoms with Gasteiger partial charge in [-0.05, 0) is 126 Å². The molecule has 1 heterocycles. The molecule has 0 saturated carbocycles. The summed E-state index contributed by atoms with van der Waals surface area (Å²) in [6.07, 6.45) is 8.03. The molecule has 0 bridgehead atoms. The highest BCUT2D eigenvalue weighted by Crippen LogP contribution is 2.57. The van der Waals surface area contributed by atoms with Crippen LogP contribution in [0.25, 0.3) is 76.9 Å². The first kappa shape index (κ1) is 41.0. The third kappa shape index (κ3) is 6.56. The van der Waals surface area contributed by atoms with E-state index in [0.717, 1.165) is 56.6 Å². The molecule has 2 aliphatic rings. The second kappa shape index (κ2) is 16.6. The average molecular weight is 906 g/mol. The van der Waals surface area contributed by atoms with Gasteiger partial charge < -0.3 is 9.32 Å². The molecule has 0 spiro atoms. The molecule has 0 fully saturated rings. The number of allylic oxidation sites excluding steroid dienone is 3. The molecule has 11 aromatic carbocycles. The van der Waals surface area contributed by atoms with Crippen molar-refractivity contribution in [3.63, 3.8) is 0 Å². The zero-order chi connectivity index (χ0) is 46.9. The Bertz CT molecular complexity index is 4050. The maximum atomic E-state index is 6.41. The van der Waals surface area contributed by atoms with E-state index in [0.29, 0.717) is 0 Å². The molecule has 2 heteroatoms. The van der Waals surface area contributed by atoms with Crippen molar-refractivity contribution in [3.05, 3.63) is 300 Å². The monoisotopic (exact) mass is 905 g/mol. The molecule has 0 aliphatic heterocycles. The van der Waals surface area contributed by atoms with Gasteiger partial charge in [-0.25, -0.2) is 0 Å². The normalized spacial score (nSPS) is 14.7. The third-order valence-electron chi connectivity index (χ3n) is 15.3. The van der Waals surface area contributed by atoms with Crippen LogP contribution in [0.15, 0.2) is 277 Å². The van der Waals surface area contributed by atoms with Crippen LogP contribution < -0.4 is 4.90 Å². The van der Waals surface area contributed by atoms with Crippen LogP contribution in [0.3, 0.4) is 0 Å². The summed E-state index contributed by atoms with van der Waals surface area (Å²) in [4.78, 5) is 2.54. The van der Waals surface area contributed by atoms with Gasteiger partial charge in [0.25, 0.3) is 0 Å². The van der Waals surface area contributed by atoms with Crippen LogP contribution in [0.4, 0.5) is 11.4 Å². The minimum absolute atomic E-state index is 0.181. The smallest absolute Gasteiger partial charge is 0.135 e. The second-order valence-electron chi connectivity index (χ2n) is 19.1.